The SMILES string of the molecule is Fc1cccc(Br)c1[C@@H]1C[C@H](c2ccc(Cl)cc2)Nc2nc3ccccc3n21. The van der Waals surface area contributed by atoms with Crippen molar-refractivity contribution in [1.82, 2.24) is 9.55 Å². The van der Waals surface area contributed by atoms with Crippen LogP contribution in [0.3, 0.4) is 0 Å². The van der Waals surface area contributed by atoms with Crippen molar-refractivity contribution in [3.63, 3.8) is 0 Å². The summed E-state index contributed by atoms with van der Waals surface area (Å²) in [6.45, 7) is 0. The largest absolute Gasteiger partial charge is 0.349 e. The van der Waals surface area contributed by atoms with Crippen LogP contribution in [0.1, 0.15) is 29.6 Å². The quantitative estimate of drug-likeness (QED) is 0.362. The topological polar surface area (TPSA) is 29.9 Å². The molecule has 3 aromatic carbocycles. The van der Waals surface area contributed by atoms with Crippen LogP contribution in [0.2, 0.25) is 5.02 Å². The summed E-state index contributed by atoms with van der Waals surface area (Å²) in [5, 5.41) is 4.23. The van der Waals surface area contributed by atoms with Gasteiger partial charge in [-0.05, 0) is 48.4 Å². The predicted molar refractivity (Wildman–Crippen MR) is 114 cm³/mol. The van der Waals surface area contributed by atoms with Crippen LogP contribution in [0.5, 0.6) is 0 Å². The molecule has 0 unspecified atom stereocenters. The number of anilines is 1. The van der Waals surface area contributed by atoms with Crippen LogP contribution in [0.15, 0.2) is 71.2 Å². The van der Waals surface area contributed by atoms with E-state index in [1.54, 1.807) is 6.07 Å². The molecule has 28 heavy (non-hydrogen) atoms. The van der Waals surface area contributed by atoms with Crippen molar-refractivity contribution in [3.05, 3.63) is 93.2 Å². The molecule has 1 N–H and O–H groups in total. The van der Waals surface area contributed by atoms with Gasteiger partial charge in [0.2, 0.25) is 5.95 Å². The van der Waals surface area contributed by atoms with Gasteiger partial charge in [-0.2, -0.15) is 0 Å². The van der Waals surface area contributed by atoms with E-state index in [1.165, 1.54) is 6.07 Å². The summed E-state index contributed by atoms with van der Waals surface area (Å²) in [6.07, 6.45) is 0.689. The van der Waals surface area contributed by atoms with E-state index in [1.807, 2.05) is 54.6 Å². The number of nitrogens with zero attached hydrogens (tertiary/aromatic N) is 2. The Kier molecular flexibility index (Phi) is 4.37. The van der Waals surface area contributed by atoms with Crippen LogP contribution in [-0.2, 0) is 0 Å². The Balaban J connectivity index is 1.71. The van der Waals surface area contributed by atoms with Gasteiger partial charge in [0.15, 0.2) is 0 Å². The summed E-state index contributed by atoms with van der Waals surface area (Å²) in [5.41, 5.74) is 3.62. The summed E-state index contributed by atoms with van der Waals surface area (Å²) in [4.78, 5) is 4.77. The van der Waals surface area contributed by atoms with Crippen molar-refractivity contribution in [1.29, 1.82) is 0 Å². The lowest BCUT2D eigenvalue weighted by Gasteiger charge is -2.34. The van der Waals surface area contributed by atoms with E-state index in [0.717, 1.165) is 27.0 Å². The van der Waals surface area contributed by atoms with Crippen LogP contribution in [0.4, 0.5) is 10.3 Å². The third kappa shape index (κ3) is 2.90. The fraction of sp³-hybridized carbons (Fsp3) is 0.136. The summed E-state index contributed by atoms with van der Waals surface area (Å²) in [5.74, 6) is 0.521. The fourth-order valence-corrected chi connectivity index (χ4v) is 4.73. The van der Waals surface area contributed by atoms with Gasteiger partial charge in [-0.15, -0.1) is 0 Å². The van der Waals surface area contributed by atoms with Crippen molar-refractivity contribution in [2.75, 3.05) is 5.32 Å². The number of para-hydroxylation sites is 2. The van der Waals surface area contributed by atoms with Gasteiger partial charge in [0.1, 0.15) is 5.82 Å². The Morgan fingerprint density at radius 1 is 1.04 bits per heavy atom. The zero-order chi connectivity index (χ0) is 19.3. The molecule has 0 aliphatic carbocycles. The van der Waals surface area contributed by atoms with Gasteiger partial charge < -0.3 is 9.88 Å². The second kappa shape index (κ2) is 6.90. The molecule has 1 aliphatic rings. The van der Waals surface area contributed by atoms with Crippen LogP contribution >= 0.6 is 27.5 Å². The molecule has 0 radical (unpaired) electrons. The molecule has 0 fully saturated rings. The Morgan fingerprint density at radius 3 is 2.61 bits per heavy atom. The minimum atomic E-state index is -0.222. The molecule has 4 aromatic rings. The first-order valence-electron chi connectivity index (χ1n) is 9.04. The number of rotatable bonds is 2. The number of benzene rings is 3. The summed E-state index contributed by atoms with van der Waals surface area (Å²) in [7, 11) is 0. The van der Waals surface area contributed by atoms with E-state index in [0.29, 0.717) is 17.0 Å². The minimum Gasteiger partial charge on any atom is -0.349 e. The van der Waals surface area contributed by atoms with Gasteiger partial charge in [0.25, 0.3) is 0 Å². The Hall–Kier alpha value is -2.37. The monoisotopic (exact) mass is 455 g/mol. The van der Waals surface area contributed by atoms with Gasteiger partial charge in [0.05, 0.1) is 23.1 Å². The fourth-order valence-electron chi connectivity index (χ4n) is 4.00. The summed E-state index contributed by atoms with van der Waals surface area (Å²) in [6, 6.07) is 20.6. The maximum atomic E-state index is 14.9. The molecule has 140 valence electrons. The van der Waals surface area contributed by atoms with Gasteiger partial charge in [-0.25, -0.2) is 9.37 Å². The number of hydrogen-bond donors (Lipinski definition) is 1. The van der Waals surface area contributed by atoms with E-state index in [4.69, 9.17) is 16.6 Å². The van der Waals surface area contributed by atoms with Gasteiger partial charge in [0, 0.05) is 15.1 Å². The molecule has 3 nitrogen and oxygen atoms in total. The average Bonchev–Trinajstić information content (AvgIpc) is 3.07. The Morgan fingerprint density at radius 2 is 1.82 bits per heavy atom. The highest BCUT2D eigenvalue weighted by Crippen LogP contribution is 2.43. The van der Waals surface area contributed by atoms with Gasteiger partial charge >= 0.3 is 0 Å². The first-order valence-corrected chi connectivity index (χ1v) is 10.2. The second-order valence-corrected chi connectivity index (χ2v) is 8.22. The summed E-state index contributed by atoms with van der Waals surface area (Å²) < 4.78 is 17.8. The van der Waals surface area contributed by atoms with Crippen molar-refractivity contribution < 1.29 is 4.39 Å². The molecule has 0 spiro atoms. The lowest BCUT2D eigenvalue weighted by atomic mass is 9.92. The lowest BCUT2D eigenvalue weighted by Crippen LogP contribution is -2.28. The molecule has 0 saturated carbocycles. The van der Waals surface area contributed by atoms with E-state index >= 15 is 0 Å². The number of hydrogen-bond acceptors (Lipinski definition) is 2. The molecule has 2 heterocycles. The zero-order valence-corrected chi connectivity index (χ0v) is 17.1. The molecule has 0 bridgehead atoms. The third-order valence-corrected chi connectivity index (χ3v) is 6.22. The third-order valence-electron chi connectivity index (χ3n) is 5.28. The number of nitrogens with one attached hydrogen (secondary N) is 1. The van der Waals surface area contributed by atoms with Gasteiger partial charge in [-0.1, -0.05) is 57.9 Å². The first kappa shape index (κ1) is 17.7. The molecule has 5 rings (SSSR count). The molecular formula is C22H16BrClFN3. The van der Waals surface area contributed by atoms with Crippen molar-refractivity contribution in [2.24, 2.45) is 0 Å². The maximum Gasteiger partial charge on any atom is 0.204 e. The molecular weight excluding hydrogens is 441 g/mol. The molecule has 1 aromatic heterocycles. The maximum absolute atomic E-state index is 14.9. The number of imidazole rings is 1. The van der Waals surface area contributed by atoms with Gasteiger partial charge in [-0.3, -0.25) is 0 Å². The minimum absolute atomic E-state index is 0.00177. The van der Waals surface area contributed by atoms with E-state index in [-0.39, 0.29) is 17.9 Å². The van der Waals surface area contributed by atoms with E-state index in [9.17, 15) is 4.39 Å². The molecule has 0 saturated heterocycles. The second-order valence-electron chi connectivity index (χ2n) is 6.93. The molecule has 6 heteroatoms. The average molecular weight is 457 g/mol. The van der Waals surface area contributed by atoms with E-state index in [2.05, 4.69) is 25.8 Å². The molecule has 2 atom stereocenters. The number of aromatic nitrogens is 2. The highest BCUT2D eigenvalue weighted by Gasteiger charge is 2.33. The Bertz CT molecular complexity index is 1150. The summed E-state index contributed by atoms with van der Waals surface area (Å²) >= 11 is 9.62. The van der Waals surface area contributed by atoms with Crippen molar-refractivity contribution >= 4 is 44.5 Å². The zero-order valence-electron chi connectivity index (χ0n) is 14.7. The predicted octanol–water partition coefficient (Wildman–Crippen LogP) is 6.74. The standard InChI is InChI=1S/C22H16BrClFN3/c23-15-4-3-5-16(25)21(15)20-12-18(13-8-10-14(24)11-9-13)27-22-26-17-6-1-2-7-19(17)28(20)22/h1-11,18,20H,12H2,(H,26,27)/t18-,20+/m1/s1. The van der Waals surface area contributed by atoms with Crippen LogP contribution in [0.25, 0.3) is 11.0 Å². The van der Waals surface area contributed by atoms with Crippen molar-refractivity contribution in [3.8, 4) is 0 Å². The van der Waals surface area contributed by atoms with Crippen molar-refractivity contribution in [2.45, 2.75) is 18.5 Å². The van der Waals surface area contributed by atoms with E-state index < -0.39 is 0 Å². The normalized spacial score (nSPS) is 18.7. The lowest BCUT2D eigenvalue weighted by molar-refractivity contribution is 0.455. The highest BCUT2D eigenvalue weighted by molar-refractivity contribution is 9.10. The first-order chi connectivity index (χ1) is 13.6. The highest BCUT2D eigenvalue weighted by atomic mass is 79.9. The number of fused-ring (bicyclic) bond motifs is 3. The molecule has 0 amide bonds. The number of halogens is 3. The van der Waals surface area contributed by atoms with Crippen LogP contribution in [-0.4, -0.2) is 9.55 Å². The molecule has 1 aliphatic heterocycles. The smallest absolute Gasteiger partial charge is 0.204 e. The van der Waals surface area contributed by atoms with Crippen LogP contribution < -0.4 is 5.32 Å². The van der Waals surface area contributed by atoms with Crippen LogP contribution in [0, 0.1) is 5.82 Å². The Labute approximate surface area is 175 Å².